The quantitative estimate of drug-likeness (QED) is 0.834. The van der Waals surface area contributed by atoms with Crippen molar-refractivity contribution >= 4 is 40.2 Å². The zero-order valence-corrected chi connectivity index (χ0v) is 10.1. The molecule has 0 bridgehead atoms. The van der Waals surface area contributed by atoms with E-state index in [9.17, 15) is 4.79 Å². The first-order chi connectivity index (χ1) is 6.52. The van der Waals surface area contributed by atoms with E-state index >= 15 is 0 Å². The minimum absolute atomic E-state index is 0.255. The Morgan fingerprint density at radius 1 is 1.64 bits per heavy atom. The molecule has 0 saturated carbocycles. The maximum absolute atomic E-state index is 10.5. The van der Waals surface area contributed by atoms with E-state index in [0.29, 0.717) is 5.02 Å². The van der Waals surface area contributed by atoms with Crippen molar-refractivity contribution in [3.8, 4) is 0 Å². The molecular formula is C9H9ClINO2. The molecule has 76 valence electrons. The third-order valence-electron chi connectivity index (χ3n) is 1.79. The van der Waals surface area contributed by atoms with Gasteiger partial charge in [-0.3, -0.25) is 4.79 Å². The minimum Gasteiger partial charge on any atom is -0.480 e. The summed E-state index contributed by atoms with van der Waals surface area (Å²) in [5, 5.41) is 9.22. The summed E-state index contributed by atoms with van der Waals surface area (Å²) in [5.41, 5.74) is 6.18. The van der Waals surface area contributed by atoms with Gasteiger partial charge in [-0.25, -0.2) is 0 Å². The van der Waals surface area contributed by atoms with Crippen LogP contribution in [0.5, 0.6) is 0 Å². The predicted octanol–water partition coefficient (Wildman–Crippen LogP) is 1.90. The Hall–Kier alpha value is -0.330. The predicted molar refractivity (Wildman–Crippen MR) is 63.5 cm³/mol. The Bertz CT molecular complexity index is 357. The molecule has 0 radical (unpaired) electrons. The van der Waals surface area contributed by atoms with Crippen molar-refractivity contribution in [2.24, 2.45) is 5.73 Å². The zero-order valence-electron chi connectivity index (χ0n) is 7.21. The number of carboxylic acids is 1. The van der Waals surface area contributed by atoms with Gasteiger partial charge in [-0.1, -0.05) is 23.7 Å². The Morgan fingerprint density at radius 2 is 2.29 bits per heavy atom. The van der Waals surface area contributed by atoms with E-state index in [1.54, 1.807) is 6.07 Å². The fraction of sp³-hybridized carbons (Fsp3) is 0.222. The summed E-state index contributed by atoms with van der Waals surface area (Å²) in [6.45, 7) is 0. The van der Waals surface area contributed by atoms with E-state index in [1.807, 2.05) is 12.1 Å². The number of carboxylic acid groups (broad SMARTS) is 1. The molecule has 0 aromatic heterocycles. The van der Waals surface area contributed by atoms with Gasteiger partial charge in [0.05, 0.1) is 5.02 Å². The first-order valence-electron chi connectivity index (χ1n) is 3.93. The van der Waals surface area contributed by atoms with Crippen LogP contribution in [0.4, 0.5) is 0 Å². The molecular weight excluding hydrogens is 316 g/mol. The molecule has 0 saturated heterocycles. The Labute approximate surface area is 100 Å². The minimum atomic E-state index is -1.01. The molecule has 0 fully saturated rings. The second-order valence-electron chi connectivity index (χ2n) is 2.86. The maximum atomic E-state index is 10.5. The van der Waals surface area contributed by atoms with Gasteiger partial charge >= 0.3 is 5.97 Å². The van der Waals surface area contributed by atoms with Gasteiger partial charge in [0.25, 0.3) is 0 Å². The summed E-state index contributed by atoms with van der Waals surface area (Å²) in [6.07, 6.45) is 0.255. The monoisotopic (exact) mass is 325 g/mol. The van der Waals surface area contributed by atoms with Crippen molar-refractivity contribution in [3.63, 3.8) is 0 Å². The molecule has 0 aliphatic carbocycles. The van der Waals surface area contributed by atoms with E-state index in [4.69, 9.17) is 22.4 Å². The molecule has 1 aromatic rings. The first kappa shape index (κ1) is 11.7. The maximum Gasteiger partial charge on any atom is 0.320 e. The average molecular weight is 326 g/mol. The van der Waals surface area contributed by atoms with Crippen LogP contribution in [0.2, 0.25) is 5.02 Å². The second-order valence-corrected chi connectivity index (χ2v) is 4.40. The molecule has 1 atom stereocenters. The lowest BCUT2D eigenvalue weighted by Crippen LogP contribution is -2.32. The highest BCUT2D eigenvalue weighted by atomic mass is 127. The Morgan fingerprint density at radius 3 is 2.86 bits per heavy atom. The molecule has 3 N–H and O–H groups in total. The van der Waals surface area contributed by atoms with Crippen molar-refractivity contribution in [1.82, 2.24) is 0 Å². The van der Waals surface area contributed by atoms with Crippen LogP contribution in [0.1, 0.15) is 5.56 Å². The number of hydrogen-bond acceptors (Lipinski definition) is 2. The molecule has 1 aromatic carbocycles. The third-order valence-corrected chi connectivity index (χ3v) is 3.45. The average Bonchev–Trinajstić information content (AvgIpc) is 2.12. The van der Waals surface area contributed by atoms with Crippen LogP contribution in [0.3, 0.4) is 0 Å². The molecule has 5 heteroatoms. The highest BCUT2D eigenvalue weighted by Crippen LogP contribution is 2.23. The summed E-state index contributed by atoms with van der Waals surface area (Å²) in [4.78, 5) is 10.5. The fourth-order valence-electron chi connectivity index (χ4n) is 1.03. The lowest BCUT2D eigenvalue weighted by Gasteiger charge is -2.08. The van der Waals surface area contributed by atoms with Crippen molar-refractivity contribution in [3.05, 3.63) is 32.4 Å². The molecule has 0 aliphatic heterocycles. The van der Waals surface area contributed by atoms with Crippen LogP contribution in [-0.4, -0.2) is 17.1 Å². The van der Waals surface area contributed by atoms with Gasteiger partial charge in [-0.2, -0.15) is 0 Å². The van der Waals surface area contributed by atoms with E-state index in [0.717, 1.165) is 9.13 Å². The van der Waals surface area contributed by atoms with Crippen molar-refractivity contribution in [1.29, 1.82) is 0 Å². The number of hydrogen-bond donors (Lipinski definition) is 2. The summed E-state index contributed by atoms with van der Waals surface area (Å²) < 4.78 is 0.902. The number of nitrogens with two attached hydrogens (primary N) is 1. The van der Waals surface area contributed by atoms with Crippen LogP contribution < -0.4 is 5.73 Å². The molecule has 0 heterocycles. The van der Waals surface area contributed by atoms with Crippen LogP contribution in [-0.2, 0) is 11.2 Å². The van der Waals surface area contributed by atoms with Crippen LogP contribution in [0, 0.1) is 3.57 Å². The highest BCUT2D eigenvalue weighted by molar-refractivity contribution is 14.1. The van der Waals surface area contributed by atoms with Crippen molar-refractivity contribution in [2.75, 3.05) is 0 Å². The van der Waals surface area contributed by atoms with E-state index in [-0.39, 0.29) is 6.42 Å². The van der Waals surface area contributed by atoms with Gasteiger partial charge in [-0.05, 0) is 40.6 Å². The van der Waals surface area contributed by atoms with Gasteiger partial charge in [0.15, 0.2) is 0 Å². The molecule has 3 nitrogen and oxygen atoms in total. The van der Waals surface area contributed by atoms with Gasteiger partial charge in [0, 0.05) is 3.57 Å². The molecule has 14 heavy (non-hydrogen) atoms. The third kappa shape index (κ3) is 2.83. The fourth-order valence-corrected chi connectivity index (χ4v) is 1.79. The highest BCUT2D eigenvalue weighted by Gasteiger charge is 2.14. The number of benzene rings is 1. The van der Waals surface area contributed by atoms with Gasteiger partial charge in [0.1, 0.15) is 6.04 Å². The summed E-state index contributed by atoms with van der Waals surface area (Å²) in [5.74, 6) is -1.01. The van der Waals surface area contributed by atoms with Gasteiger partial charge in [0.2, 0.25) is 0 Å². The zero-order chi connectivity index (χ0) is 10.7. The number of halogens is 2. The molecule has 1 unspecified atom stereocenters. The van der Waals surface area contributed by atoms with Gasteiger partial charge in [-0.15, -0.1) is 0 Å². The first-order valence-corrected chi connectivity index (χ1v) is 5.39. The smallest absolute Gasteiger partial charge is 0.320 e. The Balaban J connectivity index is 2.87. The van der Waals surface area contributed by atoms with Crippen LogP contribution in [0.25, 0.3) is 0 Å². The summed E-state index contributed by atoms with van der Waals surface area (Å²) >= 11 is 8.08. The van der Waals surface area contributed by atoms with Crippen LogP contribution >= 0.6 is 34.2 Å². The Kier molecular flexibility index (Phi) is 4.15. The van der Waals surface area contributed by atoms with Gasteiger partial charge < -0.3 is 10.8 Å². The van der Waals surface area contributed by atoms with Crippen LogP contribution in [0.15, 0.2) is 18.2 Å². The molecule has 0 aliphatic rings. The number of aliphatic carboxylic acids is 1. The van der Waals surface area contributed by atoms with E-state index in [1.165, 1.54) is 0 Å². The lowest BCUT2D eigenvalue weighted by atomic mass is 10.1. The number of rotatable bonds is 3. The lowest BCUT2D eigenvalue weighted by molar-refractivity contribution is -0.138. The molecule has 0 spiro atoms. The summed E-state index contributed by atoms with van der Waals surface area (Å²) in [6, 6.07) is 4.58. The topological polar surface area (TPSA) is 63.3 Å². The SMILES string of the molecule is NC(Cc1cccc(I)c1Cl)C(=O)O. The van der Waals surface area contributed by atoms with E-state index in [2.05, 4.69) is 22.6 Å². The van der Waals surface area contributed by atoms with Crippen molar-refractivity contribution < 1.29 is 9.90 Å². The number of carbonyl (C=O) groups is 1. The summed E-state index contributed by atoms with van der Waals surface area (Å²) in [7, 11) is 0. The largest absolute Gasteiger partial charge is 0.480 e. The standard InChI is InChI=1S/C9H9ClINO2/c10-8-5(2-1-3-6(8)11)4-7(12)9(13)14/h1-3,7H,4,12H2,(H,13,14). The molecule has 1 rings (SSSR count). The van der Waals surface area contributed by atoms with Crippen molar-refractivity contribution in [2.45, 2.75) is 12.5 Å². The van der Waals surface area contributed by atoms with E-state index < -0.39 is 12.0 Å². The second kappa shape index (κ2) is 4.95. The normalized spacial score (nSPS) is 12.5. The molecule has 0 amide bonds.